The van der Waals surface area contributed by atoms with Crippen LogP contribution in [0.25, 0.3) is 54.4 Å². The minimum Gasteiger partial charge on any atom is -0.512 e. The molecule has 0 bridgehead atoms. The predicted octanol–water partition coefficient (Wildman–Crippen LogP) is 15.1. The number of rotatable bonds is 11. The Balaban J connectivity index is 0.000000330. The second-order valence-electron chi connectivity index (χ2n) is 17.3. The summed E-state index contributed by atoms with van der Waals surface area (Å²) in [6, 6.07) is 23.1. The molecular weight excluding hydrogens is 887 g/mol. The molecule has 6 heteroatoms. The van der Waals surface area contributed by atoms with Gasteiger partial charge in [-0.2, -0.15) is 0 Å². The molecule has 56 heavy (non-hydrogen) atoms. The van der Waals surface area contributed by atoms with Crippen LogP contribution in [0, 0.1) is 36.7 Å². The van der Waals surface area contributed by atoms with Gasteiger partial charge in [0.2, 0.25) is 0 Å². The maximum absolute atomic E-state index is 12.2. The minimum atomic E-state index is -0.337. The summed E-state index contributed by atoms with van der Waals surface area (Å²) in [5.74, 6) is 1.85. The van der Waals surface area contributed by atoms with Crippen molar-refractivity contribution in [3.63, 3.8) is 0 Å². The Morgan fingerprint density at radius 3 is 2.11 bits per heavy atom. The van der Waals surface area contributed by atoms with Gasteiger partial charge in [-0.05, 0) is 85.9 Å². The number of benzene rings is 3. The van der Waals surface area contributed by atoms with E-state index in [2.05, 4.69) is 103 Å². The Hall–Kier alpha value is -3.57. The molecule has 3 aromatic carbocycles. The molecule has 6 aromatic rings. The fourth-order valence-corrected chi connectivity index (χ4v) is 8.88. The number of aryl methyl sites for hydroxylation is 2. The predicted molar refractivity (Wildman–Crippen MR) is 236 cm³/mol. The van der Waals surface area contributed by atoms with Gasteiger partial charge in [0.1, 0.15) is 17.1 Å². The van der Waals surface area contributed by atoms with Crippen molar-refractivity contribution >= 4 is 48.9 Å². The van der Waals surface area contributed by atoms with E-state index in [1.807, 2.05) is 65.1 Å². The number of carbonyl (C=O) groups excluding carboxylic acids is 1. The Bertz CT molecular complexity index is 2340. The van der Waals surface area contributed by atoms with Gasteiger partial charge in [0.05, 0.1) is 0 Å². The van der Waals surface area contributed by atoms with Crippen LogP contribution in [-0.4, -0.2) is 15.9 Å². The van der Waals surface area contributed by atoms with Crippen molar-refractivity contribution in [2.45, 2.75) is 128 Å². The number of nitrogens with zero attached hydrogens (tertiary/aromatic N) is 1. The molecule has 0 spiro atoms. The Morgan fingerprint density at radius 1 is 0.875 bits per heavy atom. The Labute approximate surface area is 353 Å². The summed E-state index contributed by atoms with van der Waals surface area (Å²) in [6.45, 7) is 27.9. The standard InChI is InChI=1S/C35H34NOS.C15H28O2.Ir/c1-20(2)17-30-21(3)25-13-10-14-27(34(25)38-30)33-22(4)31-29(37-33)15-16-36-32(31)24-18-23-11-8-9-12-26(23)28(19-24)35(5,6)7;1-7-14(5,8-2)12(16)11-13(17)15(6,9-3)10-4;/h8-16,19-20H,17H2,1-7H3;11,16H,7-10H2,1-6H3;/q-1;;/b;12-11-;. The summed E-state index contributed by atoms with van der Waals surface area (Å²) < 4.78 is 7.93. The molecule has 0 fully saturated rings. The molecule has 0 saturated heterocycles. The van der Waals surface area contributed by atoms with Gasteiger partial charge in [0, 0.05) is 69.4 Å². The smallest absolute Gasteiger partial charge is 0.164 e. The van der Waals surface area contributed by atoms with Crippen molar-refractivity contribution in [2.24, 2.45) is 16.7 Å². The summed E-state index contributed by atoms with van der Waals surface area (Å²) in [5.41, 5.74) is 7.21. The first kappa shape index (κ1) is 45.1. The zero-order valence-corrected chi connectivity index (χ0v) is 39.1. The average Bonchev–Trinajstić information content (AvgIpc) is 3.68. The van der Waals surface area contributed by atoms with Crippen LogP contribution < -0.4 is 0 Å². The van der Waals surface area contributed by atoms with Gasteiger partial charge >= 0.3 is 0 Å². The van der Waals surface area contributed by atoms with Crippen LogP contribution in [0.2, 0.25) is 0 Å². The van der Waals surface area contributed by atoms with E-state index in [0.29, 0.717) is 5.92 Å². The summed E-state index contributed by atoms with van der Waals surface area (Å²) in [7, 11) is 0. The number of aromatic nitrogens is 1. The molecular formula is C50H62IrNO3S-. The first-order chi connectivity index (χ1) is 25.9. The first-order valence-corrected chi connectivity index (χ1v) is 21.0. The average molecular weight is 949 g/mol. The normalized spacial score (nSPS) is 12.6. The number of thiophene rings is 1. The molecule has 0 aliphatic rings. The number of allylic oxidation sites excluding steroid dienone is 2. The number of fused-ring (bicyclic) bond motifs is 3. The maximum atomic E-state index is 12.2. The van der Waals surface area contributed by atoms with Crippen LogP contribution in [0.3, 0.4) is 0 Å². The van der Waals surface area contributed by atoms with Crippen molar-refractivity contribution < 1.29 is 34.4 Å². The van der Waals surface area contributed by atoms with Crippen molar-refractivity contribution in [2.75, 3.05) is 0 Å². The van der Waals surface area contributed by atoms with E-state index in [1.165, 1.54) is 43.1 Å². The molecule has 0 atom stereocenters. The summed E-state index contributed by atoms with van der Waals surface area (Å²) >= 11 is 1.92. The van der Waals surface area contributed by atoms with E-state index >= 15 is 0 Å². The number of aliphatic hydroxyl groups is 1. The molecule has 0 aliphatic heterocycles. The second kappa shape index (κ2) is 17.9. The minimum absolute atomic E-state index is 0. The number of pyridine rings is 1. The Kier molecular flexibility index (Phi) is 14.4. The summed E-state index contributed by atoms with van der Waals surface area (Å²) in [6.07, 6.45) is 7.72. The van der Waals surface area contributed by atoms with Crippen molar-refractivity contribution in [3.05, 3.63) is 100 Å². The van der Waals surface area contributed by atoms with Gasteiger partial charge in [0.25, 0.3) is 0 Å². The third kappa shape index (κ3) is 8.94. The Morgan fingerprint density at radius 2 is 1.50 bits per heavy atom. The van der Waals surface area contributed by atoms with Crippen molar-refractivity contribution in [1.82, 2.24) is 4.98 Å². The number of carbonyl (C=O) groups is 1. The van der Waals surface area contributed by atoms with Gasteiger partial charge in [-0.3, -0.25) is 9.78 Å². The van der Waals surface area contributed by atoms with Gasteiger partial charge in [-0.25, -0.2) is 0 Å². The SMILES string of the molecule is CCC(C)(CC)C(=O)/C=C(\O)C(C)(CC)CC.Cc1c(CC(C)C)sc2c(-c3oc4ccnc(-c5[c-]c6ccccc6c(C(C)(C)C)c5)c4c3C)cccc12.[Ir]. The van der Waals surface area contributed by atoms with Gasteiger partial charge in [-0.15, -0.1) is 40.5 Å². The van der Waals surface area contributed by atoms with Crippen molar-refractivity contribution in [1.29, 1.82) is 0 Å². The van der Waals surface area contributed by atoms with E-state index in [9.17, 15) is 9.90 Å². The van der Waals surface area contributed by atoms with E-state index in [1.54, 1.807) is 0 Å². The molecule has 0 saturated carbocycles. The van der Waals surface area contributed by atoms with Gasteiger partial charge in [-0.1, -0.05) is 117 Å². The number of hydrogen-bond donors (Lipinski definition) is 1. The monoisotopic (exact) mass is 949 g/mol. The fourth-order valence-electron chi connectivity index (χ4n) is 7.35. The molecule has 0 unspecified atom stereocenters. The van der Waals surface area contributed by atoms with Crippen LogP contribution >= 0.6 is 11.3 Å². The summed E-state index contributed by atoms with van der Waals surface area (Å²) in [5, 5.41) is 14.9. The van der Waals surface area contributed by atoms with E-state index < -0.39 is 0 Å². The number of hydrogen-bond acceptors (Lipinski definition) is 5. The van der Waals surface area contributed by atoms with E-state index in [4.69, 9.17) is 9.40 Å². The molecule has 3 aromatic heterocycles. The number of aliphatic hydroxyl groups excluding tert-OH is 1. The quantitative estimate of drug-likeness (QED) is 0.0798. The molecule has 4 nitrogen and oxygen atoms in total. The maximum Gasteiger partial charge on any atom is 0.164 e. The van der Waals surface area contributed by atoms with Crippen LogP contribution in [0.4, 0.5) is 0 Å². The topological polar surface area (TPSA) is 63.3 Å². The second-order valence-corrected chi connectivity index (χ2v) is 18.4. The zero-order chi connectivity index (χ0) is 40.5. The molecule has 0 aliphatic carbocycles. The molecule has 6 rings (SSSR count). The first-order valence-electron chi connectivity index (χ1n) is 20.2. The largest absolute Gasteiger partial charge is 0.512 e. The van der Waals surface area contributed by atoms with Crippen LogP contribution in [0.5, 0.6) is 0 Å². The molecule has 3 heterocycles. The molecule has 301 valence electrons. The molecule has 1 N–H and O–H groups in total. The van der Waals surface area contributed by atoms with E-state index in [0.717, 1.165) is 71.0 Å². The third-order valence-electron chi connectivity index (χ3n) is 12.2. The summed E-state index contributed by atoms with van der Waals surface area (Å²) in [4.78, 5) is 18.6. The van der Waals surface area contributed by atoms with Crippen LogP contribution in [0.15, 0.2) is 77.0 Å². The van der Waals surface area contributed by atoms with E-state index in [-0.39, 0.29) is 47.9 Å². The van der Waals surface area contributed by atoms with Crippen molar-refractivity contribution in [3.8, 4) is 22.6 Å². The fraction of sp³-hybridized carbons (Fsp3) is 0.440. The van der Waals surface area contributed by atoms with Gasteiger partial charge in [0.15, 0.2) is 5.78 Å². The van der Waals surface area contributed by atoms with Crippen LogP contribution in [-0.2, 0) is 36.7 Å². The van der Waals surface area contributed by atoms with Crippen LogP contribution in [0.1, 0.15) is 123 Å². The number of furan rings is 1. The molecule has 0 amide bonds. The zero-order valence-electron chi connectivity index (χ0n) is 35.9. The molecule has 1 radical (unpaired) electrons. The third-order valence-corrected chi connectivity index (χ3v) is 13.5. The number of ketones is 1. The van der Waals surface area contributed by atoms with Gasteiger partial charge < -0.3 is 9.52 Å².